The summed E-state index contributed by atoms with van der Waals surface area (Å²) in [5, 5.41) is 8.84. The lowest BCUT2D eigenvalue weighted by atomic mass is 10.1. The zero-order valence-corrected chi connectivity index (χ0v) is 25.1. The monoisotopic (exact) mass is 599 g/mol. The van der Waals surface area contributed by atoms with Gasteiger partial charge in [-0.15, -0.1) is 11.8 Å². The lowest BCUT2D eigenvalue weighted by molar-refractivity contribution is -0.116. The molecule has 0 spiro atoms. The summed E-state index contributed by atoms with van der Waals surface area (Å²) < 4.78 is 5.99. The standard InChI is InChI=1S/C33H37N5O4S/c1-37-29-18-23(6-15-30(29)43-21-31(37)39)32(40)34-19-22-16-17-38(20-22)26-11-7-24(8-12-26)35-33(41)36-25-9-13-28(14-10-25)42-27-4-2-3-5-27/h6-15,18,22,27H,2-5,16-17,19-21H2,1H3,(H,34,40)(H2,35,36,41). The molecule has 3 N–H and O–H groups in total. The fraction of sp³-hybridized carbons (Fsp3) is 0.364. The molecule has 4 amide bonds. The number of urea groups is 1. The van der Waals surface area contributed by atoms with Crippen molar-refractivity contribution in [1.82, 2.24) is 5.32 Å². The lowest BCUT2D eigenvalue weighted by Crippen LogP contribution is -2.33. The van der Waals surface area contributed by atoms with Crippen LogP contribution >= 0.6 is 11.8 Å². The second kappa shape index (κ2) is 13.0. The minimum atomic E-state index is -0.301. The van der Waals surface area contributed by atoms with Gasteiger partial charge >= 0.3 is 6.03 Å². The third kappa shape index (κ3) is 7.07. The van der Waals surface area contributed by atoms with E-state index in [1.807, 2.05) is 60.7 Å². The van der Waals surface area contributed by atoms with Gasteiger partial charge in [-0.25, -0.2) is 4.79 Å². The highest BCUT2D eigenvalue weighted by Gasteiger charge is 2.25. The van der Waals surface area contributed by atoms with E-state index in [0.717, 1.165) is 54.4 Å². The zero-order chi connectivity index (χ0) is 29.8. The van der Waals surface area contributed by atoms with Crippen molar-refractivity contribution in [2.75, 3.05) is 52.9 Å². The van der Waals surface area contributed by atoms with Crippen molar-refractivity contribution in [3.63, 3.8) is 0 Å². The summed E-state index contributed by atoms with van der Waals surface area (Å²) in [7, 11) is 1.75. The molecule has 2 heterocycles. The molecule has 43 heavy (non-hydrogen) atoms. The van der Waals surface area contributed by atoms with Crippen LogP contribution in [0.4, 0.5) is 27.5 Å². The van der Waals surface area contributed by atoms with E-state index >= 15 is 0 Å². The third-order valence-corrected chi connectivity index (χ3v) is 9.40. The molecule has 9 nitrogen and oxygen atoms in total. The zero-order valence-electron chi connectivity index (χ0n) is 24.3. The molecule has 6 rings (SSSR count). The fourth-order valence-electron chi connectivity index (χ4n) is 5.85. The maximum atomic E-state index is 12.9. The first kappa shape index (κ1) is 28.9. The number of fused-ring (bicyclic) bond motifs is 1. The van der Waals surface area contributed by atoms with E-state index < -0.39 is 0 Å². The molecule has 1 saturated carbocycles. The Morgan fingerprint density at radius 1 is 0.930 bits per heavy atom. The Morgan fingerprint density at radius 3 is 2.35 bits per heavy atom. The topological polar surface area (TPSA) is 103 Å². The first-order valence-corrected chi connectivity index (χ1v) is 15.9. The molecule has 1 unspecified atom stereocenters. The van der Waals surface area contributed by atoms with Crippen LogP contribution in [0.1, 0.15) is 42.5 Å². The molecule has 3 aliphatic rings. The van der Waals surface area contributed by atoms with Crippen LogP contribution in [0.3, 0.4) is 0 Å². The molecule has 1 saturated heterocycles. The van der Waals surface area contributed by atoms with Crippen LogP contribution in [0.15, 0.2) is 71.6 Å². The molecule has 0 aromatic heterocycles. The molecular formula is C33H37N5O4S. The Bertz CT molecular complexity index is 1470. The molecule has 1 atom stereocenters. The summed E-state index contributed by atoms with van der Waals surface area (Å²) >= 11 is 1.50. The lowest BCUT2D eigenvalue weighted by Gasteiger charge is -2.25. The van der Waals surface area contributed by atoms with Gasteiger partial charge in [-0.1, -0.05) is 0 Å². The maximum Gasteiger partial charge on any atom is 0.323 e. The summed E-state index contributed by atoms with van der Waals surface area (Å²) in [6, 6.07) is 20.6. The number of anilines is 4. The molecule has 3 aromatic carbocycles. The number of nitrogens with one attached hydrogen (secondary N) is 3. The van der Waals surface area contributed by atoms with Crippen molar-refractivity contribution in [3.8, 4) is 5.75 Å². The highest BCUT2D eigenvalue weighted by molar-refractivity contribution is 8.00. The van der Waals surface area contributed by atoms with Gasteiger partial charge < -0.3 is 30.5 Å². The maximum absolute atomic E-state index is 12.9. The molecule has 1 aliphatic carbocycles. The molecule has 224 valence electrons. The van der Waals surface area contributed by atoms with E-state index in [1.54, 1.807) is 18.0 Å². The third-order valence-electron chi connectivity index (χ3n) is 8.35. The van der Waals surface area contributed by atoms with E-state index in [2.05, 4.69) is 20.9 Å². The van der Waals surface area contributed by atoms with Gasteiger partial charge in [-0.2, -0.15) is 0 Å². The van der Waals surface area contributed by atoms with Crippen molar-refractivity contribution >= 4 is 52.4 Å². The Labute approximate surface area is 256 Å². The molecule has 2 aliphatic heterocycles. The van der Waals surface area contributed by atoms with Crippen LogP contribution in [0, 0.1) is 5.92 Å². The van der Waals surface area contributed by atoms with E-state index in [0.29, 0.717) is 41.3 Å². The SMILES string of the molecule is CN1C(=O)CSc2ccc(C(=O)NCC3CCN(c4ccc(NC(=O)Nc5ccc(OC6CCCC6)cc5)cc4)C3)cc21. The van der Waals surface area contributed by atoms with Gasteiger partial charge in [-0.3, -0.25) is 9.59 Å². The number of ether oxygens (including phenoxy) is 1. The highest BCUT2D eigenvalue weighted by Crippen LogP contribution is 2.35. The fourth-order valence-corrected chi connectivity index (χ4v) is 6.83. The van der Waals surface area contributed by atoms with Crippen LogP contribution < -0.4 is 30.5 Å². The highest BCUT2D eigenvalue weighted by atomic mass is 32.2. The number of thioether (sulfide) groups is 1. The van der Waals surface area contributed by atoms with E-state index in [4.69, 9.17) is 4.74 Å². The van der Waals surface area contributed by atoms with Crippen molar-refractivity contribution in [2.45, 2.75) is 43.1 Å². The minimum absolute atomic E-state index is 0.0408. The smallest absolute Gasteiger partial charge is 0.323 e. The van der Waals surface area contributed by atoms with Gasteiger partial charge in [-0.05, 0) is 105 Å². The van der Waals surface area contributed by atoms with Crippen LogP contribution in [0.25, 0.3) is 0 Å². The molecule has 2 fully saturated rings. The average Bonchev–Trinajstić information content (AvgIpc) is 3.72. The predicted octanol–water partition coefficient (Wildman–Crippen LogP) is 5.98. The normalized spacial score (nSPS) is 18.3. The van der Waals surface area contributed by atoms with E-state index in [1.165, 1.54) is 24.6 Å². The predicted molar refractivity (Wildman–Crippen MR) is 172 cm³/mol. The van der Waals surface area contributed by atoms with Gasteiger partial charge in [0.25, 0.3) is 5.91 Å². The number of hydrogen-bond donors (Lipinski definition) is 3. The molecule has 0 radical (unpaired) electrons. The number of amides is 4. The molecule has 10 heteroatoms. The number of carbonyl (C=O) groups excluding carboxylic acids is 3. The van der Waals surface area contributed by atoms with Gasteiger partial charge in [0.05, 0.1) is 17.5 Å². The summed E-state index contributed by atoms with van der Waals surface area (Å²) in [4.78, 5) is 42.4. The van der Waals surface area contributed by atoms with Crippen molar-refractivity contribution in [1.29, 1.82) is 0 Å². The Balaban J connectivity index is 0.950. The first-order chi connectivity index (χ1) is 20.9. The number of carbonyl (C=O) groups is 3. The number of benzene rings is 3. The number of nitrogens with zero attached hydrogens (tertiary/aromatic N) is 2. The summed E-state index contributed by atoms with van der Waals surface area (Å²) in [6.07, 6.45) is 5.95. The summed E-state index contributed by atoms with van der Waals surface area (Å²) in [6.45, 7) is 2.33. The van der Waals surface area contributed by atoms with Crippen LogP contribution in [-0.4, -0.2) is 56.4 Å². The summed E-state index contributed by atoms with van der Waals surface area (Å²) in [5.74, 6) is 1.51. The first-order valence-electron chi connectivity index (χ1n) is 14.9. The van der Waals surface area contributed by atoms with Crippen LogP contribution in [0.2, 0.25) is 0 Å². The van der Waals surface area contributed by atoms with E-state index in [9.17, 15) is 14.4 Å². The van der Waals surface area contributed by atoms with Crippen molar-refractivity contribution in [2.24, 2.45) is 5.92 Å². The second-order valence-corrected chi connectivity index (χ2v) is 12.4. The van der Waals surface area contributed by atoms with E-state index in [-0.39, 0.29) is 17.8 Å². The molecular weight excluding hydrogens is 562 g/mol. The Hall–Kier alpha value is -4.18. The van der Waals surface area contributed by atoms with Gasteiger partial charge in [0, 0.05) is 54.2 Å². The average molecular weight is 600 g/mol. The second-order valence-electron chi connectivity index (χ2n) is 11.4. The minimum Gasteiger partial charge on any atom is -0.490 e. The van der Waals surface area contributed by atoms with Crippen LogP contribution in [0.5, 0.6) is 5.75 Å². The number of hydrogen-bond acceptors (Lipinski definition) is 6. The number of rotatable bonds is 8. The summed E-state index contributed by atoms with van der Waals surface area (Å²) in [5.41, 5.74) is 3.85. The molecule has 3 aromatic rings. The largest absolute Gasteiger partial charge is 0.490 e. The molecule has 0 bridgehead atoms. The van der Waals surface area contributed by atoms with Gasteiger partial charge in [0.2, 0.25) is 5.91 Å². The van der Waals surface area contributed by atoms with Gasteiger partial charge in [0.1, 0.15) is 5.75 Å². The Morgan fingerprint density at radius 2 is 1.63 bits per heavy atom. The van der Waals surface area contributed by atoms with Crippen molar-refractivity contribution in [3.05, 3.63) is 72.3 Å². The Kier molecular flexibility index (Phi) is 8.74. The van der Waals surface area contributed by atoms with Crippen LogP contribution in [-0.2, 0) is 4.79 Å². The van der Waals surface area contributed by atoms with Crippen molar-refractivity contribution < 1.29 is 19.1 Å². The quantitative estimate of drug-likeness (QED) is 0.295. The van der Waals surface area contributed by atoms with Gasteiger partial charge in [0.15, 0.2) is 0 Å².